The van der Waals surface area contributed by atoms with Crippen LogP contribution >= 0.6 is 0 Å². The highest BCUT2D eigenvalue weighted by atomic mass is 28.4. The van der Waals surface area contributed by atoms with Crippen molar-refractivity contribution in [1.82, 2.24) is 0 Å². The molecule has 0 unspecified atom stereocenters. The Bertz CT molecular complexity index is 209. The van der Waals surface area contributed by atoms with Crippen molar-refractivity contribution in [3.05, 3.63) is 12.7 Å². The van der Waals surface area contributed by atoms with Crippen molar-refractivity contribution in [1.29, 1.82) is 0 Å². The predicted octanol–water partition coefficient (Wildman–Crippen LogP) is 2.14. The number of rotatable bonds is 7. The zero-order chi connectivity index (χ0) is 11.9. The first-order valence-corrected chi connectivity index (χ1v) is 6.95. The van der Waals surface area contributed by atoms with Crippen LogP contribution in [0.2, 0.25) is 5.54 Å². The van der Waals surface area contributed by atoms with Gasteiger partial charge in [-0.2, -0.15) is 0 Å². The van der Waals surface area contributed by atoms with E-state index in [1.807, 2.05) is 27.7 Å². The molecule has 0 heterocycles. The molecule has 0 aliphatic rings. The van der Waals surface area contributed by atoms with E-state index in [1.165, 1.54) is 0 Å². The molecule has 0 aliphatic heterocycles. The first-order chi connectivity index (χ1) is 7.02. The van der Waals surface area contributed by atoms with E-state index in [9.17, 15) is 4.79 Å². The molecular formula is C10H20O4Si. The molecule has 5 heteroatoms. The zero-order valence-corrected chi connectivity index (χ0v) is 10.9. The average molecular weight is 232 g/mol. The van der Waals surface area contributed by atoms with Crippen LogP contribution in [0.5, 0.6) is 0 Å². The second-order valence-electron chi connectivity index (χ2n) is 3.25. The maximum Gasteiger partial charge on any atom is 0.570 e. The van der Waals surface area contributed by atoms with E-state index in [1.54, 1.807) is 0 Å². The first-order valence-electron chi connectivity index (χ1n) is 5.15. The highest BCUT2D eigenvalue weighted by molar-refractivity contribution is 6.64. The van der Waals surface area contributed by atoms with E-state index in [4.69, 9.17) is 13.3 Å². The minimum atomic E-state index is -2.88. The number of hydrogen-bond acceptors (Lipinski definition) is 4. The van der Waals surface area contributed by atoms with Crippen LogP contribution in [0.15, 0.2) is 12.7 Å². The number of carbonyl (C=O) groups excluding carboxylic acids is 1. The predicted molar refractivity (Wildman–Crippen MR) is 60.4 cm³/mol. The van der Waals surface area contributed by atoms with Gasteiger partial charge in [0.2, 0.25) is 0 Å². The third-order valence-electron chi connectivity index (χ3n) is 1.81. The van der Waals surface area contributed by atoms with E-state index < -0.39 is 14.8 Å². The van der Waals surface area contributed by atoms with Crippen molar-refractivity contribution in [3.8, 4) is 0 Å². The topological polar surface area (TPSA) is 44.8 Å². The van der Waals surface area contributed by atoms with Crippen LogP contribution in [0.1, 0.15) is 27.7 Å². The monoisotopic (exact) mass is 232 g/mol. The highest BCUT2D eigenvalue weighted by Gasteiger charge is 2.48. The molecule has 0 aromatic carbocycles. The average Bonchev–Trinajstić information content (AvgIpc) is 2.18. The molecule has 0 aliphatic carbocycles. The van der Waals surface area contributed by atoms with Gasteiger partial charge >= 0.3 is 14.8 Å². The summed E-state index contributed by atoms with van der Waals surface area (Å²) >= 11 is 0. The van der Waals surface area contributed by atoms with Gasteiger partial charge in [0.1, 0.15) is 0 Å². The van der Waals surface area contributed by atoms with E-state index in [0.29, 0.717) is 13.2 Å². The normalized spacial score (nSPS) is 11.5. The van der Waals surface area contributed by atoms with Crippen LogP contribution < -0.4 is 0 Å². The summed E-state index contributed by atoms with van der Waals surface area (Å²) in [5, 5.41) is 0. The number of carbonyl (C=O) groups is 1. The summed E-state index contributed by atoms with van der Waals surface area (Å²) in [5.74, 6) is -0.489. The van der Waals surface area contributed by atoms with E-state index in [-0.39, 0.29) is 5.54 Å². The Morgan fingerprint density at radius 2 is 1.80 bits per heavy atom. The standard InChI is InChI=1S/C10H20O4Si/c1-6-10(11)14-15(9(4)5,12-7-2)13-8-3/h6,9H,1,7-8H2,2-5H3. The molecule has 0 atom stereocenters. The van der Waals surface area contributed by atoms with Gasteiger partial charge in [-0.05, 0) is 13.8 Å². The fourth-order valence-electron chi connectivity index (χ4n) is 1.14. The van der Waals surface area contributed by atoms with Gasteiger partial charge in [-0.1, -0.05) is 20.4 Å². The summed E-state index contributed by atoms with van der Waals surface area (Å²) in [7, 11) is -2.88. The van der Waals surface area contributed by atoms with E-state index in [2.05, 4.69) is 6.58 Å². The van der Waals surface area contributed by atoms with Crippen LogP contribution in [0.3, 0.4) is 0 Å². The maximum absolute atomic E-state index is 11.2. The lowest BCUT2D eigenvalue weighted by Crippen LogP contribution is -2.50. The fraction of sp³-hybridized carbons (Fsp3) is 0.700. The largest absolute Gasteiger partial charge is 0.570 e. The lowest BCUT2D eigenvalue weighted by atomic mass is 10.6. The Hall–Kier alpha value is -0.653. The molecule has 0 bridgehead atoms. The second-order valence-corrected chi connectivity index (χ2v) is 6.39. The van der Waals surface area contributed by atoms with E-state index in [0.717, 1.165) is 6.08 Å². The summed E-state index contributed by atoms with van der Waals surface area (Å²) in [6, 6.07) is 0. The van der Waals surface area contributed by atoms with Crippen LogP contribution in [-0.4, -0.2) is 28.0 Å². The van der Waals surface area contributed by atoms with Crippen molar-refractivity contribution < 1.29 is 18.1 Å². The molecule has 0 aromatic rings. The Balaban J connectivity index is 4.75. The minimum absolute atomic E-state index is 0.0429. The number of hydrogen-bond donors (Lipinski definition) is 0. The summed E-state index contributed by atoms with van der Waals surface area (Å²) in [5.41, 5.74) is 0.0429. The van der Waals surface area contributed by atoms with Gasteiger partial charge in [-0.25, -0.2) is 4.79 Å². The van der Waals surface area contributed by atoms with Gasteiger partial charge < -0.3 is 13.3 Å². The van der Waals surface area contributed by atoms with Gasteiger partial charge in [-0.15, -0.1) is 0 Å². The van der Waals surface area contributed by atoms with Crippen molar-refractivity contribution in [2.75, 3.05) is 13.2 Å². The molecular weight excluding hydrogens is 212 g/mol. The van der Waals surface area contributed by atoms with Crippen LogP contribution in [0, 0.1) is 0 Å². The molecule has 0 saturated heterocycles. The summed E-state index contributed by atoms with van der Waals surface area (Å²) in [4.78, 5) is 11.2. The molecule has 0 fully saturated rings. The first kappa shape index (κ1) is 14.3. The van der Waals surface area contributed by atoms with Gasteiger partial charge in [0.25, 0.3) is 0 Å². The molecule has 0 saturated carbocycles. The SMILES string of the molecule is C=CC(=O)O[Si](OCC)(OCC)C(C)C. The molecule has 88 valence electrons. The molecule has 0 rings (SSSR count). The smallest absolute Gasteiger partial charge is 0.470 e. The third-order valence-corrected chi connectivity index (χ3v) is 5.09. The zero-order valence-electron chi connectivity index (χ0n) is 9.91. The fourth-order valence-corrected chi connectivity index (χ4v) is 3.41. The molecule has 0 spiro atoms. The molecule has 4 nitrogen and oxygen atoms in total. The van der Waals surface area contributed by atoms with Crippen molar-refractivity contribution in [2.45, 2.75) is 33.2 Å². The van der Waals surface area contributed by atoms with E-state index >= 15 is 0 Å². The summed E-state index contributed by atoms with van der Waals surface area (Å²) in [6.45, 7) is 11.8. The molecule has 0 aromatic heterocycles. The molecule has 0 radical (unpaired) electrons. The second kappa shape index (κ2) is 6.76. The third kappa shape index (κ3) is 4.15. The van der Waals surface area contributed by atoms with Gasteiger partial charge in [0.05, 0.1) is 0 Å². The van der Waals surface area contributed by atoms with Crippen molar-refractivity contribution in [2.24, 2.45) is 0 Å². The summed E-state index contributed by atoms with van der Waals surface area (Å²) in [6.07, 6.45) is 1.13. The Kier molecular flexibility index (Phi) is 6.47. The van der Waals surface area contributed by atoms with Crippen LogP contribution in [-0.2, 0) is 18.1 Å². The van der Waals surface area contributed by atoms with Gasteiger partial charge in [-0.3, -0.25) is 0 Å². The molecule has 0 amide bonds. The van der Waals surface area contributed by atoms with Crippen LogP contribution in [0.4, 0.5) is 0 Å². The minimum Gasteiger partial charge on any atom is -0.470 e. The maximum atomic E-state index is 11.2. The van der Waals surface area contributed by atoms with Crippen LogP contribution in [0.25, 0.3) is 0 Å². The van der Waals surface area contributed by atoms with Gasteiger partial charge in [0, 0.05) is 24.8 Å². The Labute approximate surface area is 92.6 Å². The Morgan fingerprint density at radius 3 is 2.07 bits per heavy atom. The molecule has 15 heavy (non-hydrogen) atoms. The van der Waals surface area contributed by atoms with Gasteiger partial charge in [0.15, 0.2) is 0 Å². The van der Waals surface area contributed by atoms with Crippen molar-refractivity contribution >= 4 is 14.8 Å². The van der Waals surface area contributed by atoms with Crippen molar-refractivity contribution in [3.63, 3.8) is 0 Å². The Morgan fingerprint density at radius 1 is 1.33 bits per heavy atom. The lowest BCUT2D eigenvalue weighted by Gasteiger charge is -2.30. The highest BCUT2D eigenvalue weighted by Crippen LogP contribution is 2.25. The summed E-state index contributed by atoms with van der Waals surface area (Å²) < 4.78 is 16.3. The quantitative estimate of drug-likeness (QED) is 0.498. The molecule has 0 N–H and O–H groups in total. The lowest BCUT2D eigenvalue weighted by molar-refractivity contribution is -0.134.